The minimum absolute atomic E-state index is 0. The van der Waals surface area contributed by atoms with Gasteiger partial charge in [-0.1, -0.05) is 19.9 Å². The second-order valence-electron chi connectivity index (χ2n) is 6.29. The summed E-state index contributed by atoms with van der Waals surface area (Å²) in [6.07, 6.45) is 0. The number of hydrogen-bond donors (Lipinski definition) is 2. The van der Waals surface area contributed by atoms with E-state index in [-0.39, 0.29) is 24.0 Å². The Hall–Kier alpha value is -1.52. The molecule has 6 nitrogen and oxygen atoms in total. The molecule has 0 amide bonds. The number of guanidine groups is 1. The Labute approximate surface area is 188 Å². The van der Waals surface area contributed by atoms with E-state index in [1.54, 1.807) is 18.4 Å². The van der Waals surface area contributed by atoms with Crippen LogP contribution in [-0.4, -0.2) is 44.3 Å². The fraction of sp³-hybridized carbons (Fsp3) is 0.450. The summed E-state index contributed by atoms with van der Waals surface area (Å²) < 4.78 is 10.8. The predicted molar refractivity (Wildman–Crippen MR) is 126 cm³/mol. The van der Waals surface area contributed by atoms with Gasteiger partial charge < -0.3 is 20.1 Å². The summed E-state index contributed by atoms with van der Waals surface area (Å²) in [5.41, 5.74) is 2.47. The molecule has 0 aliphatic carbocycles. The van der Waals surface area contributed by atoms with Crippen LogP contribution >= 0.6 is 35.3 Å². The molecule has 28 heavy (non-hydrogen) atoms. The van der Waals surface area contributed by atoms with Gasteiger partial charge in [-0.2, -0.15) is 11.3 Å². The number of ether oxygens (including phenoxy) is 2. The molecule has 2 aromatic rings. The predicted octanol–water partition coefficient (Wildman–Crippen LogP) is 3.84. The van der Waals surface area contributed by atoms with Crippen LogP contribution in [0, 0.1) is 0 Å². The summed E-state index contributed by atoms with van der Waals surface area (Å²) >= 11 is 1.74. The van der Waals surface area contributed by atoms with Gasteiger partial charge in [0.05, 0.1) is 6.04 Å². The number of rotatable bonds is 8. The number of benzene rings is 1. The Kier molecular flexibility index (Phi) is 9.33. The molecule has 1 aliphatic rings. The molecule has 0 fully saturated rings. The van der Waals surface area contributed by atoms with E-state index in [0.29, 0.717) is 19.4 Å². The number of likely N-dealkylation sites (N-methyl/N-ethyl adjacent to an activating group) is 1. The third-order valence-corrected chi connectivity index (χ3v) is 5.47. The molecular formula is C20H29IN4O2S. The van der Waals surface area contributed by atoms with Crippen molar-refractivity contribution >= 4 is 41.3 Å². The number of halogens is 1. The fourth-order valence-electron chi connectivity index (χ4n) is 3.24. The van der Waals surface area contributed by atoms with Crippen molar-refractivity contribution in [2.75, 3.05) is 33.5 Å². The van der Waals surface area contributed by atoms with Gasteiger partial charge in [0.15, 0.2) is 17.5 Å². The first kappa shape index (κ1) is 22.8. The topological polar surface area (TPSA) is 58.1 Å². The number of hydrogen-bond acceptors (Lipinski definition) is 5. The van der Waals surface area contributed by atoms with Crippen molar-refractivity contribution in [1.29, 1.82) is 0 Å². The van der Waals surface area contributed by atoms with Crippen molar-refractivity contribution in [2.45, 2.75) is 26.4 Å². The van der Waals surface area contributed by atoms with Crippen molar-refractivity contribution in [1.82, 2.24) is 15.5 Å². The Morgan fingerprint density at radius 2 is 1.96 bits per heavy atom. The van der Waals surface area contributed by atoms with Crippen LogP contribution in [0.2, 0.25) is 0 Å². The first-order valence-electron chi connectivity index (χ1n) is 9.34. The molecule has 1 aromatic carbocycles. The highest BCUT2D eigenvalue weighted by molar-refractivity contribution is 14.0. The first-order valence-corrected chi connectivity index (χ1v) is 10.3. The maximum absolute atomic E-state index is 5.44. The lowest BCUT2D eigenvalue weighted by molar-refractivity contribution is 0.174. The van der Waals surface area contributed by atoms with Gasteiger partial charge in [0, 0.05) is 20.1 Å². The average molecular weight is 516 g/mol. The van der Waals surface area contributed by atoms with Crippen LogP contribution in [0.3, 0.4) is 0 Å². The van der Waals surface area contributed by atoms with Gasteiger partial charge in [-0.05, 0) is 53.2 Å². The van der Waals surface area contributed by atoms with Crippen LogP contribution in [0.15, 0.2) is 40.0 Å². The largest absolute Gasteiger partial charge is 0.454 e. The second-order valence-corrected chi connectivity index (χ2v) is 7.07. The summed E-state index contributed by atoms with van der Waals surface area (Å²) in [4.78, 5) is 6.82. The first-order chi connectivity index (χ1) is 13.2. The minimum Gasteiger partial charge on any atom is -0.454 e. The van der Waals surface area contributed by atoms with E-state index in [2.05, 4.69) is 51.2 Å². The van der Waals surface area contributed by atoms with Crippen LogP contribution in [0.4, 0.5) is 0 Å². The zero-order valence-corrected chi connectivity index (χ0v) is 19.8. The molecule has 2 N–H and O–H groups in total. The molecule has 1 unspecified atom stereocenters. The molecule has 0 saturated carbocycles. The standard InChI is InChI=1S/C20H28N4O2S.HI/c1-4-24(5-2)17(16-8-9-27-13-16)12-23-20(21-3)22-11-15-6-7-18-19(10-15)26-14-25-18;/h6-10,13,17H,4-5,11-12,14H2,1-3H3,(H2,21,22,23);1H. The normalized spacial score (nSPS) is 13.9. The lowest BCUT2D eigenvalue weighted by Gasteiger charge is -2.30. The lowest BCUT2D eigenvalue weighted by atomic mass is 10.1. The Balaban J connectivity index is 0.00000280. The van der Waals surface area contributed by atoms with Crippen LogP contribution in [0.25, 0.3) is 0 Å². The molecule has 1 aromatic heterocycles. The van der Waals surface area contributed by atoms with Crippen LogP contribution in [-0.2, 0) is 6.54 Å². The number of thiophene rings is 1. The third-order valence-electron chi connectivity index (χ3n) is 4.76. The highest BCUT2D eigenvalue weighted by Crippen LogP contribution is 2.32. The van der Waals surface area contributed by atoms with Gasteiger partial charge in [-0.3, -0.25) is 9.89 Å². The number of aliphatic imine (C=N–C) groups is 1. The summed E-state index contributed by atoms with van der Waals surface area (Å²) in [7, 11) is 1.80. The van der Waals surface area contributed by atoms with Crippen molar-refractivity contribution < 1.29 is 9.47 Å². The Morgan fingerprint density at radius 3 is 2.64 bits per heavy atom. The molecule has 8 heteroatoms. The van der Waals surface area contributed by atoms with E-state index in [0.717, 1.165) is 42.7 Å². The SMILES string of the molecule is CCN(CC)C(CNC(=NC)NCc1ccc2c(c1)OCO2)c1ccsc1.I. The molecule has 3 rings (SSSR count). The van der Waals surface area contributed by atoms with Crippen LogP contribution < -0.4 is 20.1 Å². The molecule has 0 bridgehead atoms. The molecule has 0 radical (unpaired) electrons. The Bertz CT molecular complexity index is 751. The zero-order chi connectivity index (χ0) is 19.1. The van der Waals surface area contributed by atoms with Gasteiger partial charge in [-0.25, -0.2) is 0 Å². The van der Waals surface area contributed by atoms with Gasteiger partial charge in [-0.15, -0.1) is 24.0 Å². The van der Waals surface area contributed by atoms with Gasteiger partial charge in [0.2, 0.25) is 6.79 Å². The molecule has 154 valence electrons. The smallest absolute Gasteiger partial charge is 0.231 e. The van der Waals surface area contributed by atoms with E-state index in [1.165, 1.54) is 5.56 Å². The highest BCUT2D eigenvalue weighted by atomic mass is 127. The minimum atomic E-state index is 0. The molecule has 2 heterocycles. The van der Waals surface area contributed by atoms with Crippen LogP contribution in [0.1, 0.15) is 31.0 Å². The van der Waals surface area contributed by atoms with Crippen molar-refractivity contribution in [3.8, 4) is 11.5 Å². The summed E-state index contributed by atoms with van der Waals surface area (Å²) in [6.45, 7) is 8.21. The molecule has 1 aliphatic heterocycles. The van der Waals surface area contributed by atoms with Crippen molar-refractivity contribution in [2.24, 2.45) is 4.99 Å². The van der Waals surface area contributed by atoms with E-state index in [9.17, 15) is 0 Å². The lowest BCUT2D eigenvalue weighted by Crippen LogP contribution is -2.42. The van der Waals surface area contributed by atoms with E-state index in [1.807, 2.05) is 18.2 Å². The number of fused-ring (bicyclic) bond motifs is 1. The third kappa shape index (κ3) is 5.74. The maximum Gasteiger partial charge on any atom is 0.231 e. The quantitative estimate of drug-likeness (QED) is 0.317. The van der Waals surface area contributed by atoms with Gasteiger partial charge in [0.25, 0.3) is 0 Å². The number of nitrogens with one attached hydrogen (secondary N) is 2. The molecular weight excluding hydrogens is 487 g/mol. The monoisotopic (exact) mass is 516 g/mol. The van der Waals surface area contributed by atoms with Crippen molar-refractivity contribution in [3.63, 3.8) is 0 Å². The Morgan fingerprint density at radius 1 is 1.18 bits per heavy atom. The average Bonchev–Trinajstić information content (AvgIpc) is 3.38. The van der Waals surface area contributed by atoms with Crippen LogP contribution in [0.5, 0.6) is 11.5 Å². The van der Waals surface area contributed by atoms with E-state index < -0.39 is 0 Å². The maximum atomic E-state index is 5.44. The van der Waals surface area contributed by atoms with E-state index in [4.69, 9.17) is 9.47 Å². The fourth-order valence-corrected chi connectivity index (χ4v) is 3.94. The zero-order valence-electron chi connectivity index (χ0n) is 16.6. The van der Waals surface area contributed by atoms with E-state index >= 15 is 0 Å². The summed E-state index contributed by atoms with van der Waals surface area (Å²) in [6, 6.07) is 8.53. The van der Waals surface area contributed by atoms with Crippen molar-refractivity contribution in [3.05, 3.63) is 46.2 Å². The molecule has 1 atom stereocenters. The molecule has 0 spiro atoms. The second kappa shape index (κ2) is 11.5. The summed E-state index contributed by atoms with van der Waals surface area (Å²) in [5, 5.41) is 11.2. The van der Waals surface area contributed by atoms with Gasteiger partial charge >= 0.3 is 0 Å². The molecule has 0 saturated heterocycles. The summed E-state index contributed by atoms with van der Waals surface area (Å²) in [5.74, 6) is 2.40. The number of nitrogens with zero attached hydrogens (tertiary/aromatic N) is 2. The van der Waals surface area contributed by atoms with Gasteiger partial charge in [0.1, 0.15) is 0 Å². The highest BCUT2D eigenvalue weighted by Gasteiger charge is 2.19.